The Bertz CT molecular complexity index is 1000. The molecule has 1 fully saturated rings. The highest BCUT2D eigenvalue weighted by atomic mass is 32.1. The minimum absolute atomic E-state index is 0.0762. The average Bonchev–Trinajstić information content (AvgIpc) is 3.28. The third-order valence-corrected chi connectivity index (χ3v) is 7.23. The van der Waals surface area contributed by atoms with Crippen LogP contribution in [0.4, 0.5) is 5.13 Å². The summed E-state index contributed by atoms with van der Waals surface area (Å²) < 4.78 is 1.07. The molecule has 0 radical (unpaired) electrons. The number of nitrogens with one attached hydrogen (secondary N) is 2. The lowest BCUT2D eigenvalue weighted by Gasteiger charge is -2.34. The number of carbonyl (C=O) groups excluding carboxylic acids is 3. The molecule has 0 unspecified atom stereocenters. The molecule has 1 saturated heterocycles. The number of hydrogen-bond acceptors (Lipinski definition) is 7. The maximum Gasteiger partial charge on any atom is 0.243 e. The van der Waals surface area contributed by atoms with Gasteiger partial charge in [0.1, 0.15) is 0 Å². The number of anilines is 1. The van der Waals surface area contributed by atoms with Gasteiger partial charge >= 0.3 is 0 Å². The summed E-state index contributed by atoms with van der Waals surface area (Å²) in [5.74, 6) is 0.0163. The molecule has 3 rings (SSSR count). The Labute approximate surface area is 217 Å². The van der Waals surface area contributed by atoms with Crippen molar-refractivity contribution in [3.63, 3.8) is 0 Å². The second kappa shape index (κ2) is 14.9. The number of thiazole rings is 1. The van der Waals surface area contributed by atoms with Crippen LogP contribution in [0, 0.1) is 6.92 Å². The summed E-state index contributed by atoms with van der Waals surface area (Å²) in [5.41, 5.74) is 4.50. The third-order valence-electron chi connectivity index (χ3n) is 6.29. The molecule has 1 aromatic heterocycles. The molecule has 3 amide bonds. The zero-order chi connectivity index (χ0) is 25.8. The number of rotatable bonds is 14. The van der Waals surface area contributed by atoms with Gasteiger partial charge in [-0.05, 0) is 37.8 Å². The van der Waals surface area contributed by atoms with Gasteiger partial charge in [0, 0.05) is 39.0 Å². The number of carbonyl (C=O) groups is 3. The molecule has 0 bridgehead atoms. The highest BCUT2D eigenvalue weighted by Gasteiger charge is 2.22. The van der Waals surface area contributed by atoms with E-state index < -0.39 is 0 Å². The molecule has 2 heterocycles. The van der Waals surface area contributed by atoms with Gasteiger partial charge in [0.15, 0.2) is 5.13 Å². The van der Waals surface area contributed by atoms with Crippen LogP contribution in [-0.2, 0) is 19.2 Å². The van der Waals surface area contributed by atoms with Crippen LogP contribution >= 0.6 is 11.3 Å². The predicted molar refractivity (Wildman–Crippen MR) is 143 cm³/mol. The monoisotopic (exact) mass is 517 g/mol. The van der Waals surface area contributed by atoms with Crippen LogP contribution in [0.2, 0.25) is 0 Å². The highest BCUT2D eigenvalue weighted by Crippen LogP contribution is 2.27. The van der Waals surface area contributed by atoms with Gasteiger partial charge in [0.25, 0.3) is 0 Å². The molecule has 0 saturated carbocycles. The Kier molecular flexibility index (Phi) is 11.6. The van der Waals surface area contributed by atoms with Crippen LogP contribution in [0.3, 0.4) is 0 Å². The van der Waals surface area contributed by atoms with E-state index in [0.29, 0.717) is 57.3 Å². The van der Waals surface area contributed by atoms with Crippen molar-refractivity contribution in [2.24, 2.45) is 0 Å². The molecule has 0 aliphatic carbocycles. The van der Waals surface area contributed by atoms with Crippen molar-refractivity contribution in [3.8, 4) is 0 Å². The first-order chi connectivity index (χ1) is 17.5. The van der Waals surface area contributed by atoms with Crippen LogP contribution in [0.15, 0.2) is 18.2 Å². The van der Waals surface area contributed by atoms with Gasteiger partial charge in [-0.25, -0.2) is 10.5 Å². The Morgan fingerprint density at radius 1 is 1.00 bits per heavy atom. The molecule has 2 N–H and O–H groups in total. The van der Waals surface area contributed by atoms with E-state index in [1.165, 1.54) is 11.3 Å². The lowest BCUT2D eigenvalue weighted by atomic mass is 10.1. The summed E-state index contributed by atoms with van der Waals surface area (Å²) >= 11 is 1.48. The van der Waals surface area contributed by atoms with Crippen LogP contribution < -0.4 is 10.8 Å². The standard InChI is InChI=1S/C26H39N5O4S/c1-3-4-18-35-29-22(32)12-7-5-6-8-13-24(34)31-16-14-30(15-17-31)19-23(33)27-26-28-25-20(2)10-9-11-21(25)36-26/h9-11H,3-8,12-19H2,1-2H3,(H,29,32)(H,27,28,33). The quantitative estimate of drug-likeness (QED) is 0.291. The molecule has 36 heavy (non-hydrogen) atoms. The topological polar surface area (TPSA) is 104 Å². The number of hydrogen-bond donors (Lipinski definition) is 2. The number of aromatic nitrogens is 1. The summed E-state index contributed by atoms with van der Waals surface area (Å²) in [5, 5.41) is 3.54. The molecule has 1 aliphatic heterocycles. The number of unbranched alkanes of at least 4 members (excludes halogenated alkanes) is 4. The number of hydroxylamine groups is 1. The predicted octanol–water partition coefficient (Wildman–Crippen LogP) is 3.88. The van der Waals surface area contributed by atoms with Gasteiger partial charge in [0.05, 0.1) is 23.4 Å². The second-order valence-corrected chi connectivity index (χ2v) is 10.3. The maximum atomic E-state index is 12.5. The first-order valence-electron chi connectivity index (χ1n) is 13.0. The molecule has 0 atom stereocenters. The van der Waals surface area contributed by atoms with Gasteiger partial charge < -0.3 is 10.2 Å². The average molecular weight is 518 g/mol. The fourth-order valence-electron chi connectivity index (χ4n) is 4.13. The molecule has 0 spiro atoms. The van der Waals surface area contributed by atoms with Gasteiger partial charge in [0.2, 0.25) is 17.7 Å². The Morgan fingerprint density at radius 3 is 2.47 bits per heavy atom. The van der Waals surface area contributed by atoms with E-state index in [4.69, 9.17) is 4.84 Å². The molecule has 1 aromatic carbocycles. The van der Waals surface area contributed by atoms with E-state index in [2.05, 4.69) is 27.6 Å². The molecule has 2 aromatic rings. The summed E-state index contributed by atoms with van der Waals surface area (Å²) in [6.45, 7) is 7.60. The lowest BCUT2D eigenvalue weighted by molar-refractivity contribution is -0.134. The zero-order valence-corrected chi connectivity index (χ0v) is 22.3. The number of fused-ring (bicyclic) bond motifs is 1. The first-order valence-corrected chi connectivity index (χ1v) is 13.8. The summed E-state index contributed by atoms with van der Waals surface area (Å²) in [4.78, 5) is 50.3. The van der Waals surface area contributed by atoms with E-state index in [0.717, 1.165) is 54.3 Å². The number of para-hydroxylation sites is 1. The normalized spacial score (nSPS) is 14.2. The number of amides is 3. The number of piperazine rings is 1. The largest absolute Gasteiger partial charge is 0.340 e. The zero-order valence-electron chi connectivity index (χ0n) is 21.5. The lowest BCUT2D eigenvalue weighted by Crippen LogP contribution is -2.50. The summed E-state index contributed by atoms with van der Waals surface area (Å²) in [6.07, 6.45) is 6.44. The minimum atomic E-state index is -0.0797. The SMILES string of the molecule is CCCCONC(=O)CCCCCCC(=O)N1CCN(CC(=O)Nc2nc3c(C)cccc3s2)CC1. The van der Waals surface area contributed by atoms with Crippen LogP contribution in [-0.4, -0.2) is 71.8 Å². The first kappa shape index (κ1) is 28.0. The second-order valence-electron chi connectivity index (χ2n) is 9.29. The molecule has 1 aliphatic rings. The van der Waals surface area contributed by atoms with Crippen molar-refractivity contribution < 1.29 is 19.2 Å². The van der Waals surface area contributed by atoms with Crippen LogP contribution in [0.1, 0.15) is 63.9 Å². The fourth-order valence-corrected chi connectivity index (χ4v) is 5.09. The molecule has 10 heteroatoms. The molecule has 198 valence electrons. The van der Waals surface area contributed by atoms with Crippen molar-refractivity contribution in [2.75, 3.05) is 44.6 Å². The molecule has 9 nitrogen and oxygen atoms in total. The molecular weight excluding hydrogens is 478 g/mol. The van der Waals surface area contributed by atoms with E-state index in [1.54, 1.807) is 0 Å². The summed E-state index contributed by atoms with van der Waals surface area (Å²) in [7, 11) is 0. The van der Waals surface area contributed by atoms with Gasteiger partial charge in [-0.3, -0.25) is 24.1 Å². The van der Waals surface area contributed by atoms with Gasteiger partial charge in [-0.15, -0.1) is 0 Å². The fraction of sp³-hybridized carbons (Fsp3) is 0.615. The van der Waals surface area contributed by atoms with Gasteiger partial charge in [-0.1, -0.05) is 49.7 Å². The third kappa shape index (κ3) is 9.15. The number of nitrogens with zero attached hydrogens (tertiary/aromatic N) is 3. The highest BCUT2D eigenvalue weighted by molar-refractivity contribution is 7.22. The van der Waals surface area contributed by atoms with Crippen molar-refractivity contribution in [1.29, 1.82) is 0 Å². The van der Waals surface area contributed by atoms with Crippen molar-refractivity contribution in [3.05, 3.63) is 23.8 Å². The van der Waals surface area contributed by atoms with Gasteiger partial charge in [-0.2, -0.15) is 0 Å². The smallest absolute Gasteiger partial charge is 0.243 e. The number of benzene rings is 1. The van der Waals surface area contributed by atoms with E-state index in [9.17, 15) is 14.4 Å². The summed E-state index contributed by atoms with van der Waals surface area (Å²) in [6, 6.07) is 6.02. The minimum Gasteiger partial charge on any atom is -0.340 e. The molecular formula is C26H39N5O4S. The van der Waals surface area contributed by atoms with Crippen molar-refractivity contribution >= 4 is 44.4 Å². The van der Waals surface area contributed by atoms with Crippen LogP contribution in [0.5, 0.6) is 0 Å². The Morgan fingerprint density at radius 2 is 1.75 bits per heavy atom. The Balaban J connectivity index is 1.24. The number of aryl methyl sites for hydroxylation is 1. The van der Waals surface area contributed by atoms with E-state index >= 15 is 0 Å². The maximum absolute atomic E-state index is 12.5. The van der Waals surface area contributed by atoms with Crippen LogP contribution in [0.25, 0.3) is 10.2 Å². The van der Waals surface area contributed by atoms with E-state index in [-0.39, 0.29) is 17.7 Å². The van der Waals surface area contributed by atoms with Crippen molar-refractivity contribution in [2.45, 2.75) is 65.2 Å². The van der Waals surface area contributed by atoms with E-state index in [1.807, 2.05) is 30.0 Å². The van der Waals surface area contributed by atoms with Crippen molar-refractivity contribution in [1.82, 2.24) is 20.3 Å². The Hall–Kier alpha value is -2.56.